The molecule has 2 heterocycles. The van der Waals surface area contributed by atoms with Gasteiger partial charge in [-0.05, 0) is 40.4 Å². The highest BCUT2D eigenvalue weighted by Crippen LogP contribution is 2.52. The number of carbonyl (C=O) groups excluding carboxylic acids is 1. The van der Waals surface area contributed by atoms with E-state index in [0.717, 1.165) is 22.9 Å². The SMILES string of the molecule is CC(C)(C)[C@](OC(N)=O)(c1ncc(Br)cc1CCl)C1CCOCC1. The molecule has 24 heavy (non-hydrogen) atoms. The van der Waals surface area contributed by atoms with Crippen LogP contribution in [0.3, 0.4) is 0 Å². The van der Waals surface area contributed by atoms with Crippen molar-refractivity contribution < 1.29 is 14.3 Å². The third-order valence-corrected chi connectivity index (χ3v) is 5.32. The summed E-state index contributed by atoms with van der Waals surface area (Å²) in [7, 11) is 0. The Morgan fingerprint density at radius 1 is 1.46 bits per heavy atom. The third-order valence-electron chi connectivity index (χ3n) is 4.60. The number of nitrogens with two attached hydrogens (primary N) is 1. The Morgan fingerprint density at radius 3 is 2.58 bits per heavy atom. The minimum atomic E-state index is -0.965. The van der Waals surface area contributed by atoms with Gasteiger partial charge in [0.15, 0.2) is 5.60 Å². The number of hydrogen-bond donors (Lipinski definition) is 1. The van der Waals surface area contributed by atoms with Crippen molar-refractivity contribution in [3.05, 3.63) is 28.0 Å². The zero-order chi connectivity index (χ0) is 18.0. The lowest BCUT2D eigenvalue weighted by atomic mass is 9.63. The molecule has 0 spiro atoms. The lowest BCUT2D eigenvalue weighted by molar-refractivity contribution is -0.141. The fourth-order valence-corrected chi connectivity index (χ4v) is 4.21. The minimum absolute atomic E-state index is 0.0504. The smallest absolute Gasteiger partial charge is 0.405 e. The van der Waals surface area contributed by atoms with Gasteiger partial charge in [-0.25, -0.2) is 4.79 Å². The molecule has 1 aliphatic heterocycles. The molecular weight excluding hydrogens is 396 g/mol. The van der Waals surface area contributed by atoms with Crippen LogP contribution in [0.15, 0.2) is 16.7 Å². The van der Waals surface area contributed by atoms with Crippen LogP contribution >= 0.6 is 27.5 Å². The van der Waals surface area contributed by atoms with Gasteiger partial charge in [-0.1, -0.05) is 20.8 Å². The average Bonchev–Trinajstić information content (AvgIpc) is 2.52. The first-order valence-electron chi connectivity index (χ1n) is 7.99. The Morgan fingerprint density at radius 2 is 2.08 bits per heavy atom. The van der Waals surface area contributed by atoms with Crippen molar-refractivity contribution >= 4 is 33.6 Å². The summed E-state index contributed by atoms with van der Waals surface area (Å²) in [6, 6.07) is 1.92. The normalized spacial score (nSPS) is 18.9. The van der Waals surface area contributed by atoms with Gasteiger partial charge < -0.3 is 15.2 Å². The second kappa shape index (κ2) is 7.58. The second-order valence-corrected chi connectivity index (χ2v) is 8.27. The highest BCUT2D eigenvalue weighted by molar-refractivity contribution is 9.10. The Balaban J connectivity index is 2.70. The Kier molecular flexibility index (Phi) is 6.15. The number of halogens is 2. The van der Waals surface area contributed by atoms with E-state index in [0.29, 0.717) is 18.9 Å². The fourth-order valence-electron chi connectivity index (χ4n) is 3.63. The van der Waals surface area contributed by atoms with Crippen molar-refractivity contribution in [3.63, 3.8) is 0 Å². The van der Waals surface area contributed by atoms with Crippen LogP contribution in [-0.4, -0.2) is 24.3 Å². The van der Waals surface area contributed by atoms with E-state index in [9.17, 15) is 4.79 Å². The molecule has 0 radical (unpaired) electrons. The molecule has 7 heteroatoms. The molecule has 5 nitrogen and oxygen atoms in total. The molecule has 0 bridgehead atoms. The van der Waals surface area contributed by atoms with E-state index in [1.807, 2.05) is 26.8 Å². The quantitative estimate of drug-likeness (QED) is 0.736. The molecule has 2 rings (SSSR count). The molecule has 134 valence electrons. The second-order valence-electron chi connectivity index (χ2n) is 7.09. The zero-order valence-corrected chi connectivity index (χ0v) is 16.6. The number of hydrogen-bond acceptors (Lipinski definition) is 4. The zero-order valence-electron chi connectivity index (χ0n) is 14.3. The fraction of sp³-hybridized carbons (Fsp3) is 0.647. The van der Waals surface area contributed by atoms with E-state index in [2.05, 4.69) is 20.9 Å². The Bertz CT molecular complexity index is 600. The van der Waals surface area contributed by atoms with Gasteiger partial charge in [0.05, 0.1) is 5.69 Å². The number of nitrogens with zero attached hydrogens (tertiary/aromatic N) is 1. The molecule has 1 saturated heterocycles. The molecule has 1 aromatic heterocycles. The third kappa shape index (κ3) is 3.70. The number of carbonyl (C=O) groups is 1. The van der Waals surface area contributed by atoms with Gasteiger partial charge in [0, 0.05) is 41.1 Å². The van der Waals surface area contributed by atoms with Gasteiger partial charge in [0.1, 0.15) is 0 Å². The summed E-state index contributed by atoms with van der Waals surface area (Å²) in [5.74, 6) is 0.319. The number of primary amides is 1. The first-order valence-corrected chi connectivity index (χ1v) is 9.32. The van der Waals surface area contributed by atoms with Crippen LogP contribution in [0.25, 0.3) is 0 Å². The molecule has 0 saturated carbocycles. The van der Waals surface area contributed by atoms with Gasteiger partial charge in [0.2, 0.25) is 0 Å². The summed E-state index contributed by atoms with van der Waals surface area (Å²) in [5.41, 5.74) is 5.60. The van der Waals surface area contributed by atoms with Crippen LogP contribution < -0.4 is 5.73 Å². The molecule has 0 aromatic carbocycles. The Labute approximate surface area is 156 Å². The molecule has 2 N–H and O–H groups in total. The average molecular weight is 420 g/mol. The van der Waals surface area contributed by atoms with Crippen molar-refractivity contribution in [2.24, 2.45) is 17.1 Å². The van der Waals surface area contributed by atoms with Gasteiger partial charge in [0.25, 0.3) is 0 Å². The molecule has 1 atom stereocenters. The number of amides is 1. The number of alkyl halides is 1. The maximum Gasteiger partial charge on any atom is 0.405 e. The Hall–Kier alpha value is -0.850. The van der Waals surface area contributed by atoms with Crippen molar-refractivity contribution in [2.45, 2.75) is 45.1 Å². The molecule has 1 aliphatic rings. The molecule has 0 unspecified atom stereocenters. The predicted octanol–water partition coefficient (Wildman–Crippen LogP) is 4.35. The minimum Gasteiger partial charge on any atom is -0.436 e. The van der Waals surface area contributed by atoms with Crippen LogP contribution in [-0.2, 0) is 21.0 Å². The maximum absolute atomic E-state index is 11.8. The van der Waals surface area contributed by atoms with Crippen molar-refractivity contribution in [2.75, 3.05) is 13.2 Å². The van der Waals surface area contributed by atoms with Crippen LogP contribution in [0, 0.1) is 11.3 Å². The number of pyridine rings is 1. The first-order chi connectivity index (χ1) is 11.2. The van der Waals surface area contributed by atoms with E-state index >= 15 is 0 Å². The van der Waals surface area contributed by atoms with Gasteiger partial charge >= 0.3 is 6.09 Å². The topological polar surface area (TPSA) is 74.4 Å². The van der Waals surface area contributed by atoms with E-state index in [4.69, 9.17) is 26.8 Å². The predicted molar refractivity (Wildman–Crippen MR) is 96.8 cm³/mol. The van der Waals surface area contributed by atoms with E-state index < -0.39 is 17.1 Å². The highest BCUT2D eigenvalue weighted by atomic mass is 79.9. The molecule has 1 fully saturated rings. The van der Waals surface area contributed by atoms with Crippen LogP contribution in [0.2, 0.25) is 0 Å². The molecule has 1 amide bonds. The van der Waals surface area contributed by atoms with Gasteiger partial charge in [-0.2, -0.15) is 0 Å². The molecule has 0 aliphatic carbocycles. The number of rotatable bonds is 4. The summed E-state index contributed by atoms with van der Waals surface area (Å²) in [6.45, 7) is 7.35. The van der Waals surface area contributed by atoms with E-state index in [1.54, 1.807) is 6.20 Å². The summed E-state index contributed by atoms with van der Waals surface area (Å²) in [5, 5.41) is 0. The van der Waals surface area contributed by atoms with Gasteiger partial charge in [-0.15, -0.1) is 11.6 Å². The standard InChI is InChI=1S/C17H24BrClN2O3/c1-16(2,3)17(24-15(20)22,12-4-6-23-7-5-12)14-11(9-19)8-13(18)10-21-14/h8,10,12H,4-7,9H2,1-3H3,(H2,20,22)/t17-/m1/s1. The van der Waals surface area contributed by atoms with Crippen molar-refractivity contribution in [1.29, 1.82) is 0 Å². The largest absolute Gasteiger partial charge is 0.436 e. The number of ether oxygens (including phenoxy) is 2. The summed E-state index contributed by atoms with van der Waals surface area (Å²) in [4.78, 5) is 16.5. The van der Waals surface area contributed by atoms with Gasteiger partial charge in [-0.3, -0.25) is 4.98 Å². The maximum atomic E-state index is 11.8. The van der Waals surface area contributed by atoms with E-state index in [-0.39, 0.29) is 11.8 Å². The lowest BCUT2D eigenvalue weighted by Gasteiger charge is -2.49. The van der Waals surface area contributed by atoms with Crippen molar-refractivity contribution in [1.82, 2.24) is 4.98 Å². The first kappa shape index (κ1) is 19.5. The summed E-state index contributed by atoms with van der Waals surface area (Å²) < 4.78 is 12.2. The van der Waals surface area contributed by atoms with Crippen LogP contribution in [0.5, 0.6) is 0 Å². The van der Waals surface area contributed by atoms with Crippen LogP contribution in [0.4, 0.5) is 4.79 Å². The number of aromatic nitrogens is 1. The van der Waals surface area contributed by atoms with Crippen LogP contribution in [0.1, 0.15) is 44.9 Å². The monoisotopic (exact) mass is 418 g/mol. The lowest BCUT2D eigenvalue weighted by Crippen LogP contribution is -2.53. The summed E-state index contributed by atoms with van der Waals surface area (Å²) in [6.07, 6.45) is 2.44. The van der Waals surface area contributed by atoms with E-state index in [1.165, 1.54) is 0 Å². The van der Waals surface area contributed by atoms with Crippen molar-refractivity contribution in [3.8, 4) is 0 Å². The molecular formula is C17H24BrClN2O3. The summed E-state index contributed by atoms with van der Waals surface area (Å²) >= 11 is 9.61. The highest BCUT2D eigenvalue weighted by Gasteiger charge is 2.55. The molecule has 1 aromatic rings.